The predicted molar refractivity (Wildman–Crippen MR) is 272 cm³/mol. The highest BCUT2D eigenvalue weighted by Crippen LogP contribution is 2.49. The molecule has 0 aliphatic rings. The molecule has 3 nitrogen and oxygen atoms in total. The van der Waals surface area contributed by atoms with Gasteiger partial charge in [0.05, 0.1) is 0 Å². The standard InChI is InChI=1S/C62H38N2O/c1-2-15-39(16-3-1)58-51-23-8-10-25-53(51)61(54-26-11-9-24-52(54)58)56-28-12-27-55-46-30-29-40(36-57(46)65-62(55)56)59-47-19-4-6-21-49(47)60(50-22-7-5-20-48(50)59)45-34-43(41-17-13-31-63-37-41)33-44(35-45)42-18-14-32-64-38-42/h1-38H. The first-order chi connectivity index (χ1) is 32.3. The fraction of sp³-hybridized carbons (Fsp3) is 0. The van der Waals surface area contributed by atoms with E-state index in [-0.39, 0.29) is 0 Å². The Morgan fingerprint density at radius 2 is 0.692 bits per heavy atom. The smallest absolute Gasteiger partial charge is 0.143 e. The highest BCUT2D eigenvalue weighted by molar-refractivity contribution is 6.25. The van der Waals surface area contributed by atoms with Crippen molar-refractivity contribution >= 4 is 65.0 Å². The Hall–Kier alpha value is -8.66. The molecular formula is C62H38N2O. The zero-order valence-electron chi connectivity index (χ0n) is 35.2. The molecule has 0 unspecified atom stereocenters. The molecule has 0 aliphatic heterocycles. The summed E-state index contributed by atoms with van der Waals surface area (Å²) in [6, 6.07) is 74.6. The lowest BCUT2D eigenvalue weighted by Gasteiger charge is -2.19. The fourth-order valence-electron chi connectivity index (χ4n) is 10.4. The molecule has 0 fully saturated rings. The van der Waals surface area contributed by atoms with Crippen LogP contribution in [0.1, 0.15) is 0 Å². The predicted octanol–water partition coefficient (Wildman–Crippen LogP) is 17.0. The summed E-state index contributed by atoms with van der Waals surface area (Å²) in [5.74, 6) is 0. The van der Waals surface area contributed by atoms with E-state index in [2.05, 4.69) is 204 Å². The van der Waals surface area contributed by atoms with E-state index < -0.39 is 0 Å². The van der Waals surface area contributed by atoms with Crippen molar-refractivity contribution in [3.05, 3.63) is 231 Å². The van der Waals surface area contributed by atoms with Crippen LogP contribution < -0.4 is 0 Å². The van der Waals surface area contributed by atoms with Gasteiger partial charge in [-0.3, -0.25) is 9.97 Å². The largest absolute Gasteiger partial charge is 0.455 e. The van der Waals surface area contributed by atoms with Crippen LogP contribution in [0.4, 0.5) is 0 Å². The summed E-state index contributed by atoms with van der Waals surface area (Å²) in [5.41, 5.74) is 15.5. The monoisotopic (exact) mass is 826 g/mol. The molecule has 0 saturated carbocycles. The number of rotatable bonds is 6. The highest BCUT2D eigenvalue weighted by Gasteiger charge is 2.22. The van der Waals surface area contributed by atoms with Crippen LogP contribution in [0.2, 0.25) is 0 Å². The molecule has 0 saturated heterocycles. The number of furan rings is 1. The molecular weight excluding hydrogens is 789 g/mol. The molecule has 0 aliphatic carbocycles. The lowest BCUT2D eigenvalue weighted by atomic mass is 9.84. The first-order valence-electron chi connectivity index (χ1n) is 22.1. The maximum atomic E-state index is 7.13. The molecule has 13 rings (SSSR count). The summed E-state index contributed by atoms with van der Waals surface area (Å²) in [5, 5.41) is 11.8. The van der Waals surface area contributed by atoms with E-state index in [1.54, 1.807) is 0 Å². The maximum Gasteiger partial charge on any atom is 0.143 e. The van der Waals surface area contributed by atoms with Crippen molar-refractivity contribution < 1.29 is 4.42 Å². The minimum atomic E-state index is 0.863. The number of nitrogens with zero attached hydrogens (tertiary/aromatic N) is 2. The van der Waals surface area contributed by atoms with E-state index in [9.17, 15) is 0 Å². The lowest BCUT2D eigenvalue weighted by molar-refractivity contribution is 0.670. The van der Waals surface area contributed by atoms with Crippen LogP contribution in [0.15, 0.2) is 235 Å². The summed E-state index contributed by atoms with van der Waals surface area (Å²) in [4.78, 5) is 8.97. The van der Waals surface area contributed by atoms with Gasteiger partial charge >= 0.3 is 0 Å². The first-order valence-corrected chi connectivity index (χ1v) is 22.1. The fourth-order valence-corrected chi connectivity index (χ4v) is 10.4. The lowest BCUT2D eigenvalue weighted by Crippen LogP contribution is -1.92. The van der Waals surface area contributed by atoms with Crippen LogP contribution >= 0.6 is 0 Å². The number of para-hydroxylation sites is 1. The first kappa shape index (κ1) is 36.9. The molecule has 65 heavy (non-hydrogen) atoms. The molecule has 0 N–H and O–H groups in total. The third-order valence-electron chi connectivity index (χ3n) is 13.2. The van der Waals surface area contributed by atoms with Gasteiger partial charge in [0, 0.05) is 57.8 Å². The van der Waals surface area contributed by atoms with E-state index in [4.69, 9.17) is 4.42 Å². The third kappa shape index (κ3) is 5.97. The van der Waals surface area contributed by atoms with Crippen LogP contribution in [0, 0.1) is 0 Å². The number of fused-ring (bicyclic) bond motifs is 7. The summed E-state index contributed by atoms with van der Waals surface area (Å²) in [6.45, 7) is 0. The molecule has 13 aromatic rings. The third-order valence-corrected chi connectivity index (χ3v) is 13.2. The molecule has 3 heteroatoms. The summed E-state index contributed by atoms with van der Waals surface area (Å²) < 4.78 is 7.13. The van der Waals surface area contributed by atoms with Gasteiger partial charge < -0.3 is 4.42 Å². The van der Waals surface area contributed by atoms with Gasteiger partial charge in [0.2, 0.25) is 0 Å². The van der Waals surface area contributed by atoms with Gasteiger partial charge in [0.15, 0.2) is 0 Å². The van der Waals surface area contributed by atoms with Gasteiger partial charge in [-0.25, -0.2) is 0 Å². The Balaban J connectivity index is 1.03. The van der Waals surface area contributed by atoms with Crippen molar-refractivity contribution in [1.29, 1.82) is 0 Å². The number of aromatic nitrogens is 2. The molecule has 0 bridgehead atoms. The molecule has 3 heterocycles. The van der Waals surface area contributed by atoms with Crippen LogP contribution in [0.5, 0.6) is 0 Å². The molecule has 0 spiro atoms. The molecule has 302 valence electrons. The summed E-state index contributed by atoms with van der Waals surface area (Å²) >= 11 is 0. The van der Waals surface area contributed by atoms with E-state index in [0.29, 0.717) is 0 Å². The van der Waals surface area contributed by atoms with Gasteiger partial charge in [-0.1, -0.05) is 164 Å². The zero-order valence-corrected chi connectivity index (χ0v) is 35.2. The van der Waals surface area contributed by atoms with Crippen molar-refractivity contribution in [1.82, 2.24) is 9.97 Å². The normalized spacial score (nSPS) is 11.7. The van der Waals surface area contributed by atoms with Gasteiger partial charge in [-0.2, -0.15) is 0 Å². The second kappa shape index (κ2) is 15.0. The summed E-state index contributed by atoms with van der Waals surface area (Å²) in [6.07, 6.45) is 7.53. The Bertz CT molecular complexity index is 3810. The van der Waals surface area contributed by atoms with Gasteiger partial charge in [0.25, 0.3) is 0 Å². The quantitative estimate of drug-likeness (QED) is 0.157. The van der Waals surface area contributed by atoms with Crippen LogP contribution in [-0.2, 0) is 0 Å². The molecule has 0 atom stereocenters. The SMILES string of the molecule is c1ccc(-c2c3ccccc3c(-c3cccc4c3oc3cc(-c5c6ccccc6c(-c6cc(-c7cccnc7)cc(-c7cccnc7)c6)c6ccccc56)ccc34)c3ccccc23)cc1. The average molecular weight is 827 g/mol. The van der Waals surface area contributed by atoms with Gasteiger partial charge in [0.1, 0.15) is 11.2 Å². The van der Waals surface area contributed by atoms with E-state index in [1.807, 2.05) is 36.9 Å². The van der Waals surface area contributed by atoms with Crippen LogP contribution in [0.25, 0.3) is 132 Å². The molecule has 0 radical (unpaired) electrons. The average Bonchev–Trinajstić information content (AvgIpc) is 3.76. The number of hydrogen-bond acceptors (Lipinski definition) is 3. The summed E-state index contributed by atoms with van der Waals surface area (Å²) in [7, 11) is 0. The number of hydrogen-bond donors (Lipinski definition) is 0. The highest BCUT2D eigenvalue weighted by atomic mass is 16.3. The van der Waals surface area contributed by atoms with Crippen molar-refractivity contribution in [3.63, 3.8) is 0 Å². The van der Waals surface area contributed by atoms with E-state index >= 15 is 0 Å². The molecule has 3 aromatic heterocycles. The zero-order chi connectivity index (χ0) is 42.8. The van der Waals surface area contributed by atoms with E-state index in [0.717, 1.165) is 60.9 Å². The topological polar surface area (TPSA) is 38.9 Å². The van der Waals surface area contributed by atoms with Crippen LogP contribution in [0.3, 0.4) is 0 Å². The van der Waals surface area contributed by atoms with Crippen molar-refractivity contribution in [3.8, 4) is 66.8 Å². The van der Waals surface area contributed by atoms with Crippen molar-refractivity contribution in [2.75, 3.05) is 0 Å². The van der Waals surface area contributed by atoms with Gasteiger partial charge in [-0.15, -0.1) is 0 Å². The second-order valence-electron chi connectivity index (χ2n) is 16.8. The van der Waals surface area contributed by atoms with E-state index in [1.165, 1.54) is 70.9 Å². The Labute approximate surface area is 375 Å². The van der Waals surface area contributed by atoms with Gasteiger partial charge in [-0.05, 0) is 130 Å². The maximum absolute atomic E-state index is 7.13. The Morgan fingerprint density at radius 3 is 1.20 bits per heavy atom. The molecule has 10 aromatic carbocycles. The van der Waals surface area contributed by atoms with Crippen LogP contribution in [-0.4, -0.2) is 9.97 Å². The van der Waals surface area contributed by atoms with Crippen molar-refractivity contribution in [2.45, 2.75) is 0 Å². The number of pyridine rings is 2. The van der Waals surface area contributed by atoms with Crippen molar-refractivity contribution in [2.24, 2.45) is 0 Å². The Kier molecular flexibility index (Phi) is 8.53. The number of benzene rings is 10. The minimum absolute atomic E-state index is 0.863. The Morgan fingerprint density at radius 1 is 0.262 bits per heavy atom. The molecule has 0 amide bonds. The second-order valence-corrected chi connectivity index (χ2v) is 16.8. The minimum Gasteiger partial charge on any atom is -0.455 e.